The number of thioether (sulfide) groups is 1. The number of nitrogens with one attached hydrogen (secondary N) is 2. The molecule has 4 N–H and O–H groups in total. The molecule has 0 aromatic heterocycles. The number of hydrogen-bond donors (Lipinski definition) is 4. The molecular formula is C21H22N2O6S. The Kier molecular flexibility index (Phi) is 8.42. The molecule has 158 valence electrons. The molecule has 0 saturated heterocycles. The number of carbonyl (C=O) groups excluding carboxylic acids is 2. The molecule has 0 heterocycles. The molecule has 0 aliphatic carbocycles. The van der Waals surface area contributed by atoms with Gasteiger partial charge in [0.2, 0.25) is 11.8 Å². The Balaban J connectivity index is 1.99. The predicted octanol–water partition coefficient (Wildman–Crippen LogP) is 3.70. The molecule has 0 aliphatic rings. The molecular weight excluding hydrogens is 408 g/mol. The lowest BCUT2D eigenvalue weighted by atomic mass is 10.2. The highest BCUT2D eigenvalue weighted by atomic mass is 32.2. The largest absolute Gasteiger partial charge is 0.481 e. The van der Waals surface area contributed by atoms with Crippen LogP contribution in [0.3, 0.4) is 0 Å². The van der Waals surface area contributed by atoms with Crippen molar-refractivity contribution in [2.45, 2.75) is 36.3 Å². The Bertz CT molecular complexity index is 929. The second-order valence-corrected chi connectivity index (χ2v) is 7.63. The zero-order chi connectivity index (χ0) is 22.1. The first-order valence-corrected chi connectivity index (χ1v) is 10.1. The van der Waals surface area contributed by atoms with E-state index in [0.29, 0.717) is 17.8 Å². The van der Waals surface area contributed by atoms with Crippen molar-refractivity contribution in [2.75, 3.05) is 10.6 Å². The third-order valence-electron chi connectivity index (χ3n) is 4.02. The minimum Gasteiger partial charge on any atom is -0.481 e. The molecule has 1 unspecified atom stereocenters. The molecule has 8 nitrogen and oxygen atoms in total. The zero-order valence-electron chi connectivity index (χ0n) is 16.3. The van der Waals surface area contributed by atoms with Crippen LogP contribution >= 0.6 is 11.8 Å². The molecule has 0 radical (unpaired) electrons. The van der Waals surface area contributed by atoms with Gasteiger partial charge < -0.3 is 20.8 Å². The lowest BCUT2D eigenvalue weighted by molar-refractivity contribution is -0.138. The van der Waals surface area contributed by atoms with Crippen molar-refractivity contribution in [1.82, 2.24) is 0 Å². The Morgan fingerprint density at radius 2 is 1.63 bits per heavy atom. The molecule has 2 aromatic carbocycles. The standard InChI is InChI=1S/C21H22N2O6S/c1-2-17(20(27)23-14-8-6-13(7-9-14)21(28)29)30-16-5-3-4-15(12-16)22-18(24)10-11-19(25)26/h3-9,12,17H,2,10-11H2,1H3,(H,22,24)(H,23,27)(H,25,26)(H,28,29). The fourth-order valence-electron chi connectivity index (χ4n) is 2.50. The van der Waals surface area contributed by atoms with Crippen LogP contribution in [0.1, 0.15) is 36.5 Å². The first kappa shape index (κ1) is 23.0. The van der Waals surface area contributed by atoms with Crippen molar-refractivity contribution in [1.29, 1.82) is 0 Å². The van der Waals surface area contributed by atoms with Crippen molar-refractivity contribution in [3.8, 4) is 0 Å². The lowest BCUT2D eigenvalue weighted by Crippen LogP contribution is -2.24. The zero-order valence-corrected chi connectivity index (χ0v) is 17.1. The van der Waals surface area contributed by atoms with Gasteiger partial charge in [-0.25, -0.2) is 4.79 Å². The summed E-state index contributed by atoms with van der Waals surface area (Å²) in [6.45, 7) is 1.88. The number of anilines is 2. The minimum absolute atomic E-state index is 0.118. The summed E-state index contributed by atoms with van der Waals surface area (Å²) in [5.41, 5.74) is 1.16. The maximum atomic E-state index is 12.6. The molecule has 30 heavy (non-hydrogen) atoms. The van der Waals surface area contributed by atoms with E-state index >= 15 is 0 Å². The third-order valence-corrected chi connectivity index (χ3v) is 5.38. The lowest BCUT2D eigenvalue weighted by Gasteiger charge is -2.15. The van der Waals surface area contributed by atoms with E-state index in [0.717, 1.165) is 4.90 Å². The van der Waals surface area contributed by atoms with Crippen LogP contribution in [0.15, 0.2) is 53.4 Å². The maximum absolute atomic E-state index is 12.6. The van der Waals surface area contributed by atoms with Gasteiger partial charge in [-0.05, 0) is 48.9 Å². The SMILES string of the molecule is CCC(Sc1cccc(NC(=O)CCC(=O)O)c1)C(=O)Nc1ccc(C(=O)O)cc1. The normalized spacial score (nSPS) is 11.4. The number of carbonyl (C=O) groups is 4. The Hall–Kier alpha value is -3.33. The van der Waals surface area contributed by atoms with Gasteiger partial charge in [-0.3, -0.25) is 14.4 Å². The topological polar surface area (TPSA) is 133 Å². The van der Waals surface area contributed by atoms with Crippen molar-refractivity contribution in [3.63, 3.8) is 0 Å². The van der Waals surface area contributed by atoms with Crippen LogP contribution in [0.2, 0.25) is 0 Å². The van der Waals surface area contributed by atoms with Crippen molar-refractivity contribution in [3.05, 3.63) is 54.1 Å². The molecule has 2 rings (SSSR count). The average molecular weight is 430 g/mol. The molecule has 2 aromatic rings. The summed E-state index contributed by atoms with van der Waals surface area (Å²) < 4.78 is 0. The molecule has 2 amide bonds. The molecule has 1 atom stereocenters. The Labute approximate surface area is 177 Å². The number of rotatable bonds is 10. The van der Waals surface area contributed by atoms with Gasteiger partial charge in [-0.2, -0.15) is 0 Å². The Morgan fingerprint density at radius 3 is 2.23 bits per heavy atom. The summed E-state index contributed by atoms with van der Waals surface area (Å²) in [5, 5.41) is 22.6. The van der Waals surface area contributed by atoms with Gasteiger partial charge in [0.1, 0.15) is 0 Å². The molecule has 0 aliphatic heterocycles. The predicted molar refractivity (Wildman–Crippen MR) is 114 cm³/mol. The fourth-order valence-corrected chi connectivity index (χ4v) is 3.51. The first-order chi connectivity index (χ1) is 14.3. The van der Waals surface area contributed by atoms with Crippen LogP contribution in [0, 0.1) is 0 Å². The van der Waals surface area contributed by atoms with E-state index in [4.69, 9.17) is 10.2 Å². The van der Waals surface area contributed by atoms with Gasteiger partial charge in [-0.15, -0.1) is 11.8 Å². The monoisotopic (exact) mass is 430 g/mol. The van der Waals surface area contributed by atoms with E-state index in [9.17, 15) is 19.2 Å². The number of aromatic carboxylic acids is 1. The van der Waals surface area contributed by atoms with E-state index in [-0.39, 0.29) is 24.3 Å². The summed E-state index contributed by atoms with van der Waals surface area (Å²) in [5.74, 6) is -2.69. The molecule has 0 saturated carbocycles. The highest BCUT2D eigenvalue weighted by molar-refractivity contribution is 8.00. The summed E-state index contributed by atoms with van der Waals surface area (Å²) in [6, 6.07) is 12.9. The first-order valence-electron chi connectivity index (χ1n) is 9.21. The molecule has 0 fully saturated rings. The van der Waals surface area contributed by atoms with Crippen LogP contribution in [0.5, 0.6) is 0 Å². The van der Waals surface area contributed by atoms with Gasteiger partial charge in [0.05, 0.1) is 17.2 Å². The number of carboxylic acids is 2. The summed E-state index contributed by atoms with van der Waals surface area (Å²) in [6.07, 6.45) is 0.193. The van der Waals surface area contributed by atoms with Crippen molar-refractivity contribution < 1.29 is 29.4 Å². The molecule has 0 bridgehead atoms. The second-order valence-electron chi connectivity index (χ2n) is 6.36. The van der Waals surface area contributed by atoms with Gasteiger partial charge >= 0.3 is 11.9 Å². The number of carboxylic acid groups (broad SMARTS) is 2. The van der Waals surface area contributed by atoms with Crippen LogP contribution in [-0.4, -0.2) is 39.2 Å². The molecule has 0 spiro atoms. The van der Waals surface area contributed by atoms with E-state index in [1.54, 1.807) is 18.2 Å². The summed E-state index contributed by atoms with van der Waals surface area (Å²) in [7, 11) is 0. The van der Waals surface area contributed by atoms with E-state index in [1.807, 2.05) is 13.0 Å². The third kappa shape index (κ3) is 7.25. The van der Waals surface area contributed by atoms with Gasteiger partial charge in [-0.1, -0.05) is 13.0 Å². The summed E-state index contributed by atoms with van der Waals surface area (Å²) in [4.78, 5) is 46.6. The average Bonchev–Trinajstić information content (AvgIpc) is 2.71. The van der Waals surface area contributed by atoms with E-state index in [1.165, 1.54) is 36.0 Å². The van der Waals surface area contributed by atoms with Gasteiger partial charge in [0, 0.05) is 22.7 Å². The highest BCUT2D eigenvalue weighted by Crippen LogP contribution is 2.28. The van der Waals surface area contributed by atoms with Crippen LogP contribution in [-0.2, 0) is 14.4 Å². The number of hydrogen-bond acceptors (Lipinski definition) is 5. The van der Waals surface area contributed by atoms with Crippen LogP contribution in [0.4, 0.5) is 11.4 Å². The number of benzene rings is 2. The maximum Gasteiger partial charge on any atom is 0.335 e. The fraction of sp³-hybridized carbons (Fsp3) is 0.238. The van der Waals surface area contributed by atoms with Crippen LogP contribution in [0.25, 0.3) is 0 Å². The smallest absolute Gasteiger partial charge is 0.335 e. The van der Waals surface area contributed by atoms with Crippen molar-refractivity contribution >= 4 is 46.9 Å². The number of aliphatic carboxylic acids is 1. The van der Waals surface area contributed by atoms with Crippen LogP contribution < -0.4 is 10.6 Å². The van der Waals surface area contributed by atoms with E-state index < -0.39 is 23.1 Å². The molecule has 9 heteroatoms. The minimum atomic E-state index is -1.04. The number of amides is 2. The van der Waals surface area contributed by atoms with Gasteiger partial charge in [0.25, 0.3) is 0 Å². The van der Waals surface area contributed by atoms with Gasteiger partial charge in [0.15, 0.2) is 0 Å². The van der Waals surface area contributed by atoms with Crippen molar-refractivity contribution in [2.24, 2.45) is 0 Å². The Morgan fingerprint density at radius 1 is 0.933 bits per heavy atom. The summed E-state index contributed by atoms with van der Waals surface area (Å²) >= 11 is 1.33. The quantitative estimate of drug-likeness (QED) is 0.422. The highest BCUT2D eigenvalue weighted by Gasteiger charge is 2.18. The van der Waals surface area contributed by atoms with E-state index in [2.05, 4.69) is 10.6 Å². The second kappa shape index (κ2) is 11.0.